The van der Waals surface area contributed by atoms with E-state index in [-0.39, 0.29) is 11.1 Å². The van der Waals surface area contributed by atoms with Crippen LogP contribution >= 0.6 is 11.8 Å². The number of ether oxygens (including phenoxy) is 1. The number of rotatable bonds is 5. The molecule has 3 aromatic rings. The second kappa shape index (κ2) is 8.32. The SMILES string of the molecule is Cc1cccc(-n2c(SC(C)c3ccc(F)cc3)nnc2N2CCOCC2)c1. The van der Waals surface area contributed by atoms with Crippen molar-refractivity contribution in [3.63, 3.8) is 0 Å². The van der Waals surface area contributed by atoms with Crippen LogP contribution in [0.2, 0.25) is 0 Å². The molecule has 0 spiro atoms. The monoisotopic (exact) mass is 398 g/mol. The lowest BCUT2D eigenvalue weighted by Crippen LogP contribution is -2.37. The van der Waals surface area contributed by atoms with Crippen LogP contribution < -0.4 is 4.90 Å². The van der Waals surface area contributed by atoms with Crippen LogP contribution in [0.4, 0.5) is 10.3 Å². The van der Waals surface area contributed by atoms with Crippen molar-refractivity contribution < 1.29 is 9.13 Å². The molecular formula is C21H23FN4OS. The minimum absolute atomic E-state index is 0.117. The number of hydrogen-bond acceptors (Lipinski definition) is 5. The van der Waals surface area contributed by atoms with Gasteiger partial charge in [-0.1, -0.05) is 36.0 Å². The largest absolute Gasteiger partial charge is 0.378 e. The molecule has 1 aliphatic rings. The third-order valence-corrected chi connectivity index (χ3v) is 5.89. The number of nitrogens with zero attached hydrogens (tertiary/aromatic N) is 4. The Labute approximate surface area is 168 Å². The van der Waals surface area contributed by atoms with Crippen molar-refractivity contribution >= 4 is 17.7 Å². The number of thioether (sulfide) groups is 1. The predicted octanol–water partition coefficient (Wildman–Crippen LogP) is 4.40. The fourth-order valence-electron chi connectivity index (χ4n) is 3.26. The highest BCUT2D eigenvalue weighted by atomic mass is 32.2. The van der Waals surface area contributed by atoms with Gasteiger partial charge < -0.3 is 9.64 Å². The predicted molar refractivity (Wildman–Crippen MR) is 110 cm³/mol. The molecule has 4 rings (SSSR count). The molecule has 1 aliphatic heterocycles. The van der Waals surface area contributed by atoms with Crippen LogP contribution in [-0.2, 0) is 4.74 Å². The summed E-state index contributed by atoms with van der Waals surface area (Å²) in [6, 6.07) is 15.0. The maximum atomic E-state index is 13.3. The Balaban J connectivity index is 1.70. The van der Waals surface area contributed by atoms with Crippen LogP contribution in [0, 0.1) is 12.7 Å². The molecule has 28 heavy (non-hydrogen) atoms. The smallest absolute Gasteiger partial charge is 0.232 e. The summed E-state index contributed by atoms with van der Waals surface area (Å²) in [5.41, 5.74) is 3.28. The fourth-order valence-corrected chi connectivity index (χ4v) is 4.25. The van der Waals surface area contributed by atoms with Crippen LogP contribution in [0.25, 0.3) is 5.69 Å². The molecule has 5 nitrogen and oxygen atoms in total. The lowest BCUT2D eigenvalue weighted by molar-refractivity contribution is 0.122. The molecule has 2 heterocycles. The standard InChI is InChI=1S/C21H23FN4OS/c1-15-4-3-5-19(14-15)26-20(25-10-12-27-13-11-25)23-24-21(26)28-16(2)17-6-8-18(22)9-7-17/h3-9,14,16H,10-13H2,1-2H3. The van der Waals surface area contributed by atoms with E-state index in [1.807, 2.05) is 18.2 Å². The first kappa shape index (κ1) is 19.0. The molecule has 1 aromatic heterocycles. The number of anilines is 1. The highest BCUT2D eigenvalue weighted by Gasteiger charge is 2.23. The molecule has 1 saturated heterocycles. The van der Waals surface area contributed by atoms with E-state index in [0.717, 1.165) is 35.4 Å². The Kier molecular flexibility index (Phi) is 5.64. The van der Waals surface area contributed by atoms with Crippen molar-refractivity contribution in [1.82, 2.24) is 14.8 Å². The van der Waals surface area contributed by atoms with Crippen LogP contribution in [0.15, 0.2) is 53.7 Å². The molecule has 1 unspecified atom stereocenters. The van der Waals surface area contributed by atoms with Crippen LogP contribution in [0.3, 0.4) is 0 Å². The number of aryl methyl sites for hydroxylation is 1. The molecule has 0 amide bonds. The first-order valence-corrected chi connectivity index (χ1v) is 10.3. The van der Waals surface area contributed by atoms with E-state index in [9.17, 15) is 4.39 Å². The summed E-state index contributed by atoms with van der Waals surface area (Å²) in [5.74, 6) is 0.612. The first-order valence-electron chi connectivity index (χ1n) is 9.39. The normalized spacial score (nSPS) is 15.6. The molecule has 1 atom stereocenters. The molecule has 0 saturated carbocycles. The molecule has 0 bridgehead atoms. The second-order valence-electron chi connectivity index (χ2n) is 6.87. The van der Waals surface area contributed by atoms with Gasteiger partial charge in [0.25, 0.3) is 0 Å². The van der Waals surface area contributed by atoms with Gasteiger partial charge in [0.15, 0.2) is 5.16 Å². The van der Waals surface area contributed by atoms with E-state index in [4.69, 9.17) is 4.74 Å². The average molecular weight is 399 g/mol. The number of aromatic nitrogens is 3. The molecule has 0 N–H and O–H groups in total. The highest BCUT2D eigenvalue weighted by molar-refractivity contribution is 7.99. The summed E-state index contributed by atoms with van der Waals surface area (Å²) in [4.78, 5) is 2.21. The zero-order chi connectivity index (χ0) is 19.5. The van der Waals surface area contributed by atoms with E-state index in [1.54, 1.807) is 11.8 Å². The Morgan fingerprint density at radius 2 is 1.82 bits per heavy atom. The summed E-state index contributed by atoms with van der Waals surface area (Å²) in [7, 11) is 0. The van der Waals surface area contributed by atoms with E-state index in [2.05, 4.69) is 51.7 Å². The maximum Gasteiger partial charge on any atom is 0.232 e. The molecule has 2 aromatic carbocycles. The summed E-state index contributed by atoms with van der Waals surface area (Å²) in [6.07, 6.45) is 0. The van der Waals surface area contributed by atoms with Crippen molar-refractivity contribution in [3.8, 4) is 5.69 Å². The summed E-state index contributed by atoms with van der Waals surface area (Å²) in [5, 5.41) is 9.95. The van der Waals surface area contributed by atoms with Crippen molar-refractivity contribution in [3.05, 3.63) is 65.5 Å². The summed E-state index contributed by atoms with van der Waals surface area (Å²) < 4.78 is 20.9. The average Bonchev–Trinajstić information content (AvgIpc) is 3.12. The van der Waals surface area contributed by atoms with Crippen LogP contribution in [0.5, 0.6) is 0 Å². The second-order valence-corrected chi connectivity index (χ2v) is 8.18. The van der Waals surface area contributed by atoms with Gasteiger partial charge >= 0.3 is 0 Å². The lowest BCUT2D eigenvalue weighted by Gasteiger charge is -2.28. The molecule has 7 heteroatoms. The zero-order valence-corrected chi connectivity index (χ0v) is 16.8. The van der Waals surface area contributed by atoms with Crippen molar-refractivity contribution in [2.24, 2.45) is 0 Å². The van der Waals surface area contributed by atoms with Gasteiger partial charge in [-0.15, -0.1) is 10.2 Å². The highest BCUT2D eigenvalue weighted by Crippen LogP contribution is 2.37. The summed E-state index contributed by atoms with van der Waals surface area (Å²) in [6.45, 7) is 7.15. The number of benzene rings is 2. The van der Waals surface area contributed by atoms with Crippen LogP contribution in [0.1, 0.15) is 23.3 Å². The molecular weight excluding hydrogens is 375 g/mol. The number of halogens is 1. The fraction of sp³-hybridized carbons (Fsp3) is 0.333. The minimum Gasteiger partial charge on any atom is -0.378 e. The molecule has 1 fully saturated rings. The van der Waals surface area contributed by atoms with Gasteiger partial charge in [-0.25, -0.2) is 4.39 Å². The Hall–Kier alpha value is -2.38. The van der Waals surface area contributed by atoms with E-state index in [0.29, 0.717) is 13.2 Å². The first-order chi connectivity index (χ1) is 13.6. The van der Waals surface area contributed by atoms with E-state index < -0.39 is 0 Å². The summed E-state index contributed by atoms with van der Waals surface area (Å²) >= 11 is 1.62. The Morgan fingerprint density at radius 3 is 2.54 bits per heavy atom. The van der Waals surface area contributed by atoms with E-state index >= 15 is 0 Å². The van der Waals surface area contributed by atoms with Gasteiger partial charge in [0, 0.05) is 18.3 Å². The van der Waals surface area contributed by atoms with Crippen LogP contribution in [-0.4, -0.2) is 41.1 Å². The van der Waals surface area contributed by atoms with Gasteiger partial charge in [-0.05, 0) is 49.2 Å². The van der Waals surface area contributed by atoms with Gasteiger partial charge in [0.05, 0.1) is 18.9 Å². The van der Waals surface area contributed by atoms with Crippen molar-refractivity contribution in [2.45, 2.75) is 24.3 Å². The van der Waals surface area contributed by atoms with Gasteiger partial charge in [-0.2, -0.15) is 0 Å². The minimum atomic E-state index is -0.224. The third-order valence-electron chi connectivity index (χ3n) is 4.79. The van der Waals surface area contributed by atoms with Crippen molar-refractivity contribution in [2.75, 3.05) is 31.2 Å². The Morgan fingerprint density at radius 1 is 1.07 bits per heavy atom. The Bertz CT molecular complexity index is 938. The maximum absolute atomic E-state index is 13.3. The molecule has 0 aliphatic carbocycles. The quantitative estimate of drug-likeness (QED) is 0.596. The third kappa shape index (κ3) is 4.05. The zero-order valence-electron chi connectivity index (χ0n) is 16.0. The number of morpholine rings is 1. The molecule has 0 radical (unpaired) electrons. The van der Waals surface area contributed by atoms with Crippen molar-refractivity contribution in [1.29, 1.82) is 0 Å². The topological polar surface area (TPSA) is 43.2 Å². The molecule has 146 valence electrons. The van der Waals surface area contributed by atoms with Gasteiger partial charge in [0.2, 0.25) is 5.95 Å². The van der Waals surface area contributed by atoms with E-state index in [1.165, 1.54) is 17.7 Å². The lowest BCUT2D eigenvalue weighted by atomic mass is 10.2. The van der Waals surface area contributed by atoms with Gasteiger partial charge in [0.1, 0.15) is 5.82 Å². The van der Waals surface area contributed by atoms with Gasteiger partial charge in [-0.3, -0.25) is 4.57 Å². The number of hydrogen-bond donors (Lipinski definition) is 0.